The lowest BCUT2D eigenvalue weighted by molar-refractivity contribution is -0.130. The molecule has 1 aliphatic heterocycles. The number of nitrogens with one attached hydrogen (secondary N) is 2. The summed E-state index contributed by atoms with van der Waals surface area (Å²) >= 11 is 0. The van der Waals surface area contributed by atoms with E-state index in [9.17, 15) is 4.79 Å². The van der Waals surface area contributed by atoms with Crippen molar-refractivity contribution < 1.29 is 4.79 Å². The molecule has 0 aromatic heterocycles. The summed E-state index contributed by atoms with van der Waals surface area (Å²) in [7, 11) is 0. The van der Waals surface area contributed by atoms with Crippen LogP contribution in [-0.4, -0.2) is 49.0 Å². The topological polar surface area (TPSA) is 56.7 Å². The largest absolute Gasteiger partial charge is 0.357 e. The van der Waals surface area contributed by atoms with E-state index in [1.807, 2.05) is 4.90 Å². The highest BCUT2D eigenvalue weighted by Gasteiger charge is 2.39. The van der Waals surface area contributed by atoms with Gasteiger partial charge in [0.1, 0.15) is 0 Å². The molecule has 1 aliphatic carbocycles. The Labute approximate surface area is 186 Å². The molecule has 2 fully saturated rings. The minimum atomic E-state index is 0. The van der Waals surface area contributed by atoms with Crippen LogP contribution in [-0.2, 0) is 4.79 Å². The molecule has 3 rings (SSSR count). The Bertz CT molecular complexity index is 664. The quantitative estimate of drug-likeness (QED) is 0.260. The summed E-state index contributed by atoms with van der Waals surface area (Å²) in [5, 5.41) is 6.94. The normalized spacial score (nSPS) is 22.3. The van der Waals surface area contributed by atoms with Gasteiger partial charge in [-0.15, -0.1) is 24.0 Å². The molecule has 1 aromatic carbocycles. The van der Waals surface area contributed by atoms with Gasteiger partial charge in [-0.05, 0) is 50.7 Å². The molecule has 1 heterocycles. The Morgan fingerprint density at radius 2 is 2.07 bits per heavy atom. The lowest BCUT2D eigenvalue weighted by Crippen LogP contribution is -2.39. The number of guanidine groups is 1. The van der Waals surface area contributed by atoms with Crippen LogP contribution in [0.25, 0.3) is 0 Å². The first-order chi connectivity index (χ1) is 13.2. The molecule has 156 valence electrons. The number of carbonyl (C=O) groups is 1. The maximum absolute atomic E-state index is 12.1. The van der Waals surface area contributed by atoms with Crippen LogP contribution in [0.2, 0.25) is 0 Å². The summed E-state index contributed by atoms with van der Waals surface area (Å²) in [5.74, 6) is 1.81. The molecule has 0 radical (unpaired) electrons. The Morgan fingerprint density at radius 3 is 2.86 bits per heavy atom. The number of nitrogens with zero attached hydrogens (tertiary/aromatic N) is 2. The van der Waals surface area contributed by atoms with Gasteiger partial charge in [-0.2, -0.15) is 0 Å². The smallest absolute Gasteiger partial charge is 0.222 e. The van der Waals surface area contributed by atoms with Gasteiger partial charge >= 0.3 is 0 Å². The second-order valence-corrected chi connectivity index (χ2v) is 7.76. The number of likely N-dealkylation sites (tertiary alicyclic amines) is 1. The SMILES string of the molecule is CCNC(=NCCCN1CCCCCC1=O)NC1CC1c1ccccc1C.I. The van der Waals surface area contributed by atoms with Gasteiger partial charge in [0.2, 0.25) is 5.91 Å². The van der Waals surface area contributed by atoms with Crippen molar-refractivity contribution in [2.45, 2.75) is 64.3 Å². The number of benzene rings is 1. The average Bonchev–Trinajstić information content (AvgIpc) is 3.44. The van der Waals surface area contributed by atoms with E-state index in [1.165, 1.54) is 17.5 Å². The monoisotopic (exact) mass is 498 g/mol. The third-order valence-electron chi connectivity index (χ3n) is 5.57. The van der Waals surface area contributed by atoms with Gasteiger partial charge in [-0.1, -0.05) is 30.7 Å². The van der Waals surface area contributed by atoms with Crippen LogP contribution >= 0.6 is 24.0 Å². The summed E-state index contributed by atoms with van der Waals surface area (Å²) in [6, 6.07) is 9.12. The predicted octanol–water partition coefficient (Wildman–Crippen LogP) is 3.82. The minimum absolute atomic E-state index is 0. The standard InChI is InChI=1S/C22H34N4O.HI/c1-3-23-22(24-13-9-15-26-14-8-4-5-12-21(26)27)25-20-16-19(20)18-11-7-6-10-17(18)2;/h6-7,10-11,19-20H,3-5,8-9,12-16H2,1-2H3,(H2,23,24,25);1H. The third kappa shape index (κ3) is 6.64. The molecule has 28 heavy (non-hydrogen) atoms. The molecular weight excluding hydrogens is 463 g/mol. The first kappa shape index (κ1) is 23.0. The molecule has 2 unspecified atom stereocenters. The number of amides is 1. The summed E-state index contributed by atoms with van der Waals surface area (Å²) < 4.78 is 0. The maximum atomic E-state index is 12.1. The first-order valence-corrected chi connectivity index (χ1v) is 10.6. The Morgan fingerprint density at radius 1 is 1.25 bits per heavy atom. The zero-order chi connectivity index (χ0) is 19.1. The lowest BCUT2D eigenvalue weighted by atomic mass is 10.0. The highest BCUT2D eigenvalue weighted by atomic mass is 127. The van der Waals surface area contributed by atoms with E-state index in [1.54, 1.807) is 0 Å². The van der Waals surface area contributed by atoms with Gasteiger partial charge in [0.15, 0.2) is 5.96 Å². The Kier molecular flexibility index (Phi) is 9.55. The van der Waals surface area contributed by atoms with Crippen molar-refractivity contribution in [2.75, 3.05) is 26.2 Å². The number of rotatable bonds is 7. The summed E-state index contributed by atoms with van der Waals surface area (Å²) in [4.78, 5) is 18.8. The van der Waals surface area contributed by atoms with Gasteiger partial charge in [-0.25, -0.2) is 0 Å². The Hall–Kier alpha value is -1.31. The Balaban J connectivity index is 0.00000280. The van der Waals surface area contributed by atoms with Crippen molar-refractivity contribution in [2.24, 2.45) is 4.99 Å². The highest BCUT2D eigenvalue weighted by molar-refractivity contribution is 14.0. The van der Waals surface area contributed by atoms with E-state index < -0.39 is 0 Å². The molecule has 2 atom stereocenters. The van der Waals surface area contributed by atoms with Crippen molar-refractivity contribution in [3.8, 4) is 0 Å². The molecule has 1 saturated heterocycles. The molecule has 1 amide bonds. The fourth-order valence-corrected chi connectivity index (χ4v) is 3.92. The van der Waals surface area contributed by atoms with Crippen molar-refractivity contribution in [3.05, 3.63) is 35.4 Å². The fourth-order valence-electron chi connectivity index (χ4n) is 3.92. The predicted molar refractivity (Wildman–Crippen MR) is 127 cm³/mol. The van der Waals surface area contributed by atoms with Gasteiger partial charge in [0.05, 0.1) is 0 Å². The van der Waals surface area contributed by atoms with Crippen LogP contribution in [0, 0.1) is 6.92 Å². The van der Waals surface area contributed by atoms with Crippen molar-refractivity contribution in [1.29, 1.82) is 0 Å². The summed E-state index contributed by atoms with van der Waals surface area (Å²) in [6.07, 6.45) is 6.17. The molecule has 1 saturated carbocycles. The van der Waals surface area contributed by atoms with E-state index in [-0.39, 0.29) is 24.0 Å². The zero-order valence-electron chi connectivity index (χ0n) is 17.2. The van der Waals surface area contributed by atoms with Gasteiger partial charge in [-0.3, -0.25) is 9.79 Å². The third-order valence-corrected chi connectivity index (χ3v) is 5.57. The summed E-state index contributed by atoms with van der Waals surface area (Å²) in [5.41, 5.74) is 2.82. The number of carbonyl (C=O) groups excluding carboxylic acids is 1. The fraction of sp³-hybridized carbons (Fsp3) is 0.636. The zero-order valence-corrected chi connectivity index (χ0v) is 19.6. The van der Waals surface area contributed by atoms with Gasteiger partial charge in [0, 0.05) is 44.6 Å². The maximum Gasteiger partial charge on any atom is 0.222 e. The van der Waals surface area contributed by atoms with Crippen LogP contribution in [0.4, 0.5) is 0 Å². The molecule has 2 aliphatic rings. The second-order valence-electron chi connectivity index (χ2n) is 7.76. The lowest BCUT2D eigenvalue weighted by Gasteiger charge is -2.20. The van der Waals surface area contributed by atoms with E-state index in [4.69, 9.17) is 4.99 Å². The first-order valence-electron chi connectivity index (χ1n) is 10.6. The number of hydrogen-bond acceptors (Lipinski definition) is 2. The van der Waals surface area contributed by atoms with E-state index in [0.29, 0.717) is 17.9 Å². The van der Waals surface area contributed by atoms with Gasteiger partial charge < -0.3 is 15.5 Å². The molecule has 0 spiro atoms. The van der Waals surface area contributed by atoms with Crippen molar-refractivity contribution in [1.82, 2.24) is 15.5 Å². The van der Waals surface area contributed by atoms with Crippen LogP contribution in [0.5, 0.6) is 0 Å². The average molecular weight is 498 g/mol. The minimum Gasteiger partial charge on any atom is -0.357 e. The molecule has 6 heteroatoms. The number of halogens is 1. The van der Waals surface area contributed by atoms with Crippen LogP contribution in [0.15, 0.2) is 29.3 Å². The molecule has 2 N–H and O–H groups in total. The van der Waals surface area contributed by atoms with Crippen molar-refractivity contribution >= 4 is 35.8 Å². The summed E-state index contributed by atoms with van der Waals surface area (Å²) in [6.45, 7) is 7.64. The highest BCUT2D eigenvalue weighted by Crippen LogP contribution is 2.41. The van der Waals surface area contributed by atoms with E-state index in [2.05, 4.69) is 48.7 Å². The number of aliphatic imine (C=N–C) groups is 1. The molecule has 0 bridgehead atoms. The van der Waals surface area contributed by atoms with Gasteiger partial charge in [0.25, 0.3) is 0 Å². The molecular formula is C22H35IN4O. The number of aryl methyl sites for hydroxylation is 1. The van der Waals surface area contributed by atoms with Crippen molar-refractivity contribution in [3.63, 3.8) is 0 Å². The van der Waals surface area contributed by atoms with E-state index in [0.717, 1.165) is 64.2 Å². The molecule has 1 aromatic rings. The van der Waals surface area contributed by atoms with Crippen LogP contribution < -0.4 is 10.6 Å². The van der Waals surface area contributed by atoms with Crippen LogP contribution in [0.3, 0.4) is 0 Å². The second kappa shape index (κ2) is 11.6. The number of hydrogen-bond donors (Lipinski definition) is 2. The van der Waals surface area contributed by atoms with E-state index >= 15 is 0 Å². The molecule has 5 nitrogen and oxygen atoms in total. The van der Waals surface area contributed by atoms with Crippen LogP contribution in [0.1, 0.15) is 62.5 Å².